The summed E-state index contributed by atoms with van der Waals surface area (Å²) < 4.78 is 123. The van der Waals surface area contributed by atoms with Gasteiger partial charge in [0.15, 0.2) is 23.3 Å². The lowest BCUT2D eigenvalue weighted by Crippen LogP contribution is -2.17. The third kappa shape index (κ3) is 4.33. The zero-order valence-electron chi connectivity index (χ0n) is 14.9. The zero-order valence-corrected chi connectivity index (χ0v) is 16.4. The Morgan fingerprint density at radius 3 is 1.97 bits per heavy atom. The summed E-state index contributed by atoms with van der Waals surface area (Å²) in [6, 6.07) is 7.90. The number of anilines is 1. The minimum Gasteiger partial charge on any atom is -0.276 e. The van der Waals surface area contributed by atoms with Gasteiger partial charge in [-0.3, -0.25) is 4.72 Å². The second kappa shape index (κ2) is 8.04. The molecular formula is C19H9ClF7NO2S. The molecule has 0 aliphatic rings. The number of nitrogens with one attached hydrogen (secondary N) is 1. The second-order valence-corrected chi connectivity index (χ2v) is 8.21. The number of alkyl halides is 3. The van der Waals surface area contributed by atoms with Gasteiger partial charge in [-0.2, -0.15) is 13.2 Å². The van der Waals surface area contributed by atoms with Crippen LogP contribution in [0.3, 0.4) is 0 Å². The van der Waals surface area contributed by atoms with Crippen LogP contribution < -0.4 is 4.72 Å². The summed E-state index contributed by atoms with van der Waals surface area (Å²) >= 11 is 5.49. The van der Waals surface area contributed by atoms with Crippen molar-refractivity contribution in [3.05, 3.63) is 82.4 Å². The molecule has 0 saturated heterocycles. The monoisotopic (exact) mass is 483 g/mol. The second-order valence-electron chi connectivity index (χ2n) is 6.12. The van der Waals surface area contributed by atoms with E-state index in [-0.39, 0.29) is 6.07 Å². The van der Waals surface area contributed by atoms with Crippen LogP contribution in [0.25, 0.3) is 11.1 Å². The Morgan fingerprint density at radius 2 is 1.39 bits per heavy atom. The van der Waals surface area contributed by atoms with Gasteiger partial charge >= 0.3 is 6.18 Å². The zero-order chi connectivity index (χ0) is 23.1. The molecule has 164 valence electrons. The quantitative estimate of drug-likeness (QED) is 0.266. The van der Waals surface area contributed by atoms with Crippen molar-refractivity contribution in [1.82, 2.24) is 0 Å². The van der Waals surface area contributed by atoms with Gasteiger partial charge in [0.25, 0.3) is 10.0 Å². The predicted octanol–water partition coefficient (Wildman–Crippen LogP) is 6.38. The summed E-state index contributed by atoms with van der Waals surface area (Å²) in [4.78, 5) is -0.447. The molecule has 0 aliphatic heterocycles. The molecule has 0 bridgehead atoms. The van der Waals surface area contributed by atoms with Gasteiger partial charge < -0.3 is 0 Å². The highest BCUT2D eigenvalue weighted by Gasteiger charge is 2.35. The van der Waals surface area contributed by atoms with E-state index in [4.69, 9.17) is 11.6 Å². The van der Waals surface area contributed by atoms with Crippen molar-refractivity contribution in [2.24, 2.45) is 0 Å². The van der Waals surface area contributed by atoms with Gasteiger partial charge in [0, 0.05) is 5.56 Å². The SMILES string of the molecule is O=S(=O)(Nc1c(F)c(F)c(F)c(F)c1-c1ccc(Cl)c(C(F)(F)F)c1)c1ccccc1. The standard InChI is InChI=1S/C19H9ClF7NO2S/c20-12-7-6-9(8-11(12)19(25,26)27)13-14(21)15(22)16(23)17(24)18(13)28-31(29,30)10-4-2-1-3-5-10/h1-8,28H. The molecule has 3 nitrogen and oxygen atoms in total. The van der Waals surface area contributed by atoms with Crippen molar-refractivity contribution >= 4 is 27.3 Å². The average molecular weight is 484 g/mol. The van der Waals surface area contributed by atoms with Crippen LogP contribution in [-0.4, -0.2) is 8.42 Å². The van der Waals surface area contributed by atoms with Crippen LogP contribution in [0.1, 0.15) is 5.56 Å². The smallest absolute Gasteiger partial charge is 0.276 e. The van der Waals surface area contributed by atoms with Crippen molar-refractivity contribution in [3.8, 4) is 11.1 Å². The maximum atomic E-state index is 14.6. The van der Waals surface area contributed by atoms with Gasteiger partial charge in [0.2, 0.25) is 0 Å². The van der Waals surface area contributed by atoms with Gasteiger partial charge in [0.1, 0.15) is 0 Å². The summed E-state index contributed by atoms with van der Waals surface area (Å²) in [6.07, 6.45) is -5.02. The highest BCUT2D eigenvalue weighted by atomic mass is 35.5. The summed E-state index contributed by atoms with van der Waals surface area (Å²) in [5.41, 5.74) is -4.94. The van der Waals surface area contributed by atoms with Crippen molar-refractivity contribution in [3.63, 3.8) is 0 Å². The molecule has 0 unspecified atom stereocenters. The van der Waals surface area contributed by atoms with E-state index in [0.29, 0.717) is 6.07 Å². The van der Waals surface area contributed by atoms with E-state index in [1.165, 1.54) is 18.2 Å². The summed E-state index contributed by atoms with van der Waals surface area (Å²) in [5.74, 6) is -8.92. The van der Waals surface area contributed by atoms with Crippen LogP contribution in [0, 0.1) is 23.3 Å². The van der Waals surface area contributed by atoms with E-state index < -0.39 is 71.8 Å². The normalized spacial score (nSPS) is 12.1. The lowest BCUT2D eigenvalue weighted by molar-refractivity contribution is -0.137. The molecule has 0 amide bonds. The fourth-order valence-corrected chi connectivity index (χ4v) is 4.01. The van der Waals surface area contributed by atoms with E-state index in [9.17, 15) is 39.2 Å². The van der Waals surface area contributed by atoms with E-state index in [1.54, 1.807) is 4.72 Å². The lowest BCUT2D eigenvalue weighted by Gasteiger charge is -2.17. The van der Waals surface area contributed by atoms with Crippen LogP contribution in [0.2, 0.25) is 5.02 Å². The van der Waals surface area contributed by atoms with Gasteiger partial charge in [0.05, 0.1) is 21.2 Å². The van der Waals surface area contributed by atoms with Crippen LogP contribution in [0.4, 0.5) is 36.4 Å². The van der Waals surface area contributed by atoms with E-state index in [0.717, 1.165) is 18.2 Å². The van der Waals surface area contributed by atoms with E-state index >= 15 is 0 Å². The number of benzene rings is 3. The first-order valence-electron chi connectivity index (χ1n) is 8.15. The maximum Gasteiger partial charge on any atom is 0.417 e. The number of hydrogen-bond acceptors (Lipinski definition) is 2. The Kier molecular flexibility index (Phi) is 5.94. The minimum absolute atomic E-state index is 0.262. The van der Waals surface area contributed by atoms with Gasteiger partial charge in [-0.15, -0.1) is 0 Å². The number of hydrogen-bond donors (Lipinski definition) is 1. The Hall–Kier alpha value is -2.79. The highest BCUT2D eigenvalue weighted by molar-refractivity contribution is 7.92. The number of sulfonamides is 1. The molecule has 3 rings (SSSR count). The van der Waals surface area contributed by atoms with Crippen LogP contribution in [0.15, 0.2) is 53.4 Å². The van der Waals surface area contributed by atoms with Crippen molar-refractivity contribution in [2.45, 2.75) is 11.1 Å². The Labute approximate surface area is 176 Å². The molecule has 0 aromatic heterocycles. The van der Waals surface area contributed by atoms with Crippen molar-refractivity contribution in [2.75, 3.05) is 4.72 Å². The number of halogens is 8. The van der Waals surface area contributed by atoms with Crippen LogP contribution in [0.5, 0.6) is 0 Å². The first-order valence-corrected chi connectivity index (χ1v) is 10.0. The first kappa shape index (κ1) is 22.9. The summed E-state index contributed by atoms with van der Waals surface area (Å²) in [6.45, 7) is 0. The summed E-state index contributed by atoms with van der Waals surface area (Å²) in [5, 5.41) is -0.800. The van der Waals surface area contributed by atoms with Gasteiger partial charge in [-0.1, -0.05) is 35.9 Å². The highest BCUT2D eigenvalue weighted by Crippen LogP contribution is 2.42. The molecule has 0 atom stereocenters. The van der Waals surface area contributed by atoms with Crippen LogP contribution >= 0.6 is 11.6 Å². The van der Waals surface area contributed by atoms with Crippen LogP contribution in [-0.2, 0) is 16.2 Å². The molecule has 1 N–H and O–H groups in total. The Balaban J connectivity index is 2.30. The molecule has 0 fully saturated rings. The Morgan fingerprint density at radius 1 is 0.806 bits per heavy atom. The topological polar surface area (TPSA) is 46.2 Å². The molecule has 12 heteroatoms. The predicted molar refractivity (Wildman–Crippen MR) is 99.0 cm³/mol. The molecule has 31 heavy (non-hydrogen) atoms. The molecule has 0 saturated carbocycles. The van der Waals surface area contributed by atoms with Crippen molar-refractivity contribution in [1.29, 1.82) is 0 Å². The largest absolute Gasteiger partial charge is 0.417 e. The first-order chi connectivity index (χ1) is 14.3. The van der Waals surface area contributed by atoms with E-state index in [1.807, 2.05) is 0 Å². The fourth-order valence-electron chi connectivity index (χ4n) is 2.69. The minimum atomic E-state index is -5.02. The average Bonchev–Trinajstić information content (AvgIpc) is 2.71. The summed E-state index contributed by atoms with van der Waals surface area (Å²) in [7, 11) is -4.65. The van der Waals surface area contributed by atoms with Gasteiger partial charge in [-0.25, -0.2) is 26.0 Å². The number of rotatable bonds is 4. The third-order valence-corrected chi connectivity index (χ3v) is 5.81. The fraction of sp³-hybridized carbons (Fsp3) is 0.0526. The van der Waals surface area contributed by atoms with Crippen molar-refractivity contribution < 1.29 is 39.2 Å². The molecule has 0 aliphatic carbocycles. The molecule has 0 heterocycles. The molecule has 3 aromatic rings. The lowest BCUT2D eigenvalue weighted by atomic mass is 9.99. The molecule has 0 radical (unpaired) electrons. The molecule has 3 aromatic carbocycles. The molecular weight excluding hydrogens is 475 g/mol. The maximum absolute atomic E-state index is 14.6. The Bertz CT molecular complexity index is 1260. The molecule has 0 spiro atoms. The van der Waals surface area contributed by atoms with Gasteiger partial charge in [-0.05, 0) is 29.8 Å². The third-order valence-electron chi connectivity index (χ3n) is 4.12. The van der Waals surface area contributed by atoms with E-state index in [2.05, 4.69) is 0 Å².